The summed E-state index contributed by atoms with van der Waals surface area (Å²) in [6.45, 7) is 0.457. The topological polar surface area (TPSA) is 64.7 Å². The Morgan fingerprint density at radius 3 is 2.39 bits per heavy atom. The molecule has 3 aromatic rings. The van der Waals surface area contributed by atoms with Gasteiger partial charge < -0.3 is 20.4 Å². The highest BCUT2D eigenvalue weighted by Gasteiger charge is 2.42. The van der Waals surface area contributed by atoms with E-state index in [9.17, 15) is 22.8 Å². The van der Waals surface area contributed by atoms with E-state index < -0.39 is 18.1 Å². The molecule has 2 aliphatic heterocycles. The molecule has 36 heavy (non-hydrogen) atoms. The first kappa shape index (κ1) is 23.7. The average Bonchev–Trinajstić information content (AvgIpc) is 2.97. The van der Waals surface area contributed by atoms with Crippen LogP contribution in [0.25, 0.3) is 0 Å². The Morgan fingerprint density at radius 1 is 0.917 bits per heavy atom. The third-order valence-corrected chi connectivity index (χ3v) is 6.79. The normalized spacial score (nSPS) is 18.9. The Bertz CT molecular complexity index is 1300. The standard InChI is InChI=1S/C27H25F3N4O2/c1-33-21-10-6-5-9-20(21)23-16-19(32-26(36)27(28,29)30)13-14-34(23)22-12-11-17(15-24(22)33)25(35)31-18-7-3-2-4-8-18/h2-12,15,19,23H,13-14,16H2,1H3,(H,31,35)(H,32,36). The van der Waals surface area contributed by atoms with Crippen molar-refractivity contribution in [3.8, 4) is 0 Å². The molecule has 3 aromatic carbocycles. The molecule has 9 heteroatoms. The molecule has 186 valence electrons. The van der Waals surface area contributed by atoms with Crippen molar-refractivity contribution >= 4 is 34.6 Å². The fourth-order valence-corrected chi connectivity index (χ4v) is 5.05. The number of amides is 2. The van der Waals surface area contributed by atoms with Crippen LogP contribution in [0.4, 0.5) is 35.9 Å². The summed E-state index contributed by atoms with van der Waals surface area (Å²) in [5, 5.41) is 5.07. The van der Waals surface area contributed by atoms with Gasteiger partial charge in [0.1, 0.15) is 0 Å². The average molecular weight is 495 g/mol. The fraction of sp³-hybridized carbons (Fsp3) is 0.259. The van der Waals surface area contributed by atoms with Crippen LogP contribution in [0.5, 0.6) is 0 Å². The van der Waals surface area contributed by atoms with Gasteiger partial charge in [-0.15, -0.1) is 0 Å². The zero-order valence-corrected chi connectivity index (χ0v) is 19.5. The molecule has 0 bridgehead atoms. The largest absolute Gasteiger partial charge is 0.471 e. The molecule has 2 heterocycles. The second-order valence-corrected chi connectivity index (χ2v) is 9.04. The first-order chi connectivity index (χ1) is 17.2. The molecular weight excluding hydrogens is 469 g/mol. The number of rotatable bonds is 3. The number of carbonyl (C=O) groups is 2. The summed E-state index contributed by atoms with van der Waals surface area (Å²) in [5.41, 5.74) is 4.75. The number of alkyl halides is 3. The molecule has 2 aliphatic rings. The number of nitrogens with zero attached hydrogens (tertiary/aromatic N) is 2. The van der Waals surface area contributed by atoms with E-state index in [1.807, 2.05) is 78.7 Å². The summed E-state index contributed by atoms with van der Waals surface area (Å²) in [5.74, 6) is -2.14. The highest BCUT2D eigenvalue weighted by molar-refractivity contribution is 6.05. The van der Waals surface area contributed by atoms with Crippen LogP contribution in [-0.2, 0) is 4.79 Å². The highest BCUT2D eigenvalue weighted by atomic mass is 19.4. The van der Waals surface area contributed by atoms with Gasteiger partial charge in [-0.1, -0.05) is 36.4 Å². The SMILES string of the molecule is CN1c2ccccc2C2CC(NC(=O)C(F)(F)F)CCN2c2ccc(C(=O)Nc3ccccc3)cc21. The van der Waals surface area contributed by atoms with Crippen molar-refractivity contribution in [3.05, 3.63) is 83.9 Å². The molecular formula is C27H25F3N4O2. The second kappa shape index (κ2) is 9.22. The van der Waals surface area contributed by atoms with Crippen LogP contribution < -0.4 is 20.4 Å². The van der Waals surface area contributed by atoms with Crippen LogP contribution in [0.3, 0.4) is 0 Å². The molecule has 2 N–H and O–H groups in total. The van der Waals surface area contributed by atoms with Gasteiger partial charge in [0.25, 0.3) is 5.91 Å². The summed E-state index contributed by atoms with van der Waals surface area (Å²) in [6, 6.07) is 21.6. The zero-order valence-electron chi connectivity index (χ0n) is 19.5. The van der Waals surface area contributed by atoms with Crippen LogP contribution in [0.15, 0.2) is 72.8 Å². The molecule has 1 fully saturated rings. The maximum Gasteiger partial charge on any atom is 0.471 e. The monoisotopic (exact) mass is 494 g/mol. The highest BCUT2D eigenvalue weighted by Crippen LogP contribution is 2.48. The number of hydrogen-bond donors (Lipinski definition) is 2. The van der Waals surface area contributed by atoms with Gasteiger partial charge in [0, 0.05) is 36.6 Å². The molecule has 0 aromatic heterocycles. The smallest absolute Gasteiger partial charge is 0.363 e. The predicted molar refractivity (Wildman–Crippen MR) is 133 cm³/mol. The summed E-state index contributed by atoms with van der Waals surface area (Å²) in [6.07, 6.45) is -4.20. The molecule has 2 amide bonds. The maximum atomic E-state index is 13.0. The van der Waals surface area contributed by atoms with Crippen LogP contribution >= 0.6 is 0 Å². The number of anilines is 4. The van der Waals surface area contributed by atoms with E-state index in [0.29, 0.717) is 30.6 Å². The van der Waals surface area contributed by atoms with Gasteiger partial charge in [0.2, 0.25) is 0 Å². The van der Waals surface area contributed by atoms with Crippen molar-refractivity contribution < 1.29 is 22.8 Å². The van der Waals surface area contributed by atoms with E-state index in [-0.39, 0.29) is 11.9 Å². The third-order valence-electron chi connectivity index (χ3n) is 6.79. The molecule has 0 spiro atoms. The van der Waals surface area contributed by atoms with Crippen molar-refractivity contribution in [2.24, 2.45) is 0 Å². The van der Waals surface area contributed by atoms with Crippen molar-refractivity contribution in [2.45, 2.75) is 31.1 Å². The number of halogens is 3. The van der Waals surface area contributed by atoms with Crippen molar-refractivity contribution in [3.63, 3.8) is 0 Å². The first-order valence-corrected chi connectivity index (χ1v) is 11.7. The minimum Gasteiger partial charge on any atom is -0.363 e. The lowest BCUT2D eigenvalue weighted by atomic mass is 9.90. The Balaban J connectivity index is 1.49. The Labute approximate surface area is 206 Å². The minimum absolute atomic E-state index is 0.235. The predicted octanol–water partition coefficient (Wildman–Crippen LogP) is 5.41. The van der Waals surface area contributed by atoms with Crippen molar-refractivity contribution in [1.29, 1.82) is 0 Å². The lowest BCUT2D eigenvalue weighted by Gasteiger charge is -2.41. The zero-order chi connectivity index (χ0) is 25.4. The van der Waals surface area contributed by atoms with Crippen LogP contribution in [0.1, 0.15) is 34.8 Å². The van der Waals surface area contributed by atoms with Gasteiger partial charge >= 0.3 is 12.1 Å². The number of nitrogens with one attached hydrogen (secondary N) is 2. The molecule has 0 saturated carbocycles. The maximum absolute atomic E-state index is 13.0. The van der Waals surface area contributed by atoms with Gasteiger partial charge in [-0.25, -0.2) is 0 Å². The van der Waals surface area contributed by atoms with E-state index >= 15 is 0 Å². The quantitative estimate of drug-likeness (QED) is 0.511. The second-order valence-electron chi connectivity index (χ2n) is 9.04. The Morgan fingerprint density at radius 2 is 1.64 bits per heavy atom. The molecule has 2 atom stereocenters. The number of carbonyl (C=O) groups excluding carboxylic acids is 2. The van der Waals surface area contributed by atoms with E-state index in [2.05, 4.69) is 15.5 Å². The molecule has 5 rings (SSSR count). The lowest BCUT2D eigenvalue weighted by molar-refractivity contribution is -0.174. The molecule has 0 radical (unpaired) electrons. The van der Waals surface area contributed by atoms with Gasteiger partial charge in [0.15, 0.2) is 0 Å². The Hall–Kier alpha value is -4.01. The van der Waals surface area contributed by atoms with Crippen molar-refractivity contribution in [2.75, 3.05) is 28.7 Å². The van der Waals surface area contributed by atoms with E-state index in [0.717, 1.165) is 22.6 Å². The number of piperidine rings is 1. The molecule has 6 nitrogen and oxygen atoms in total. The van der Waals surface area contributed by atoms with Gasteiger partial charge in [0.05, 0.1) is 17.4 Å². The summed E-state index contributed by atoms with van der Waals surface area (Å²) < 4.78 is 38.6. The van der Waals surface area contributed by atoms with Crippen LogP contribution in [0.2, 0.25) is 0 Å². The summed E-state index contributed by atoms with van der Waals surface area (Å²) in [7, 11) is 1.91. The third kappa shape index (κ3) is 4.48. The first-order valence-electron chi connectivity index (χ1n) is 11.7. The van der Waals surface area contributed by atoms with Gasteiger partial charge in [-0.05, 0) is 54.8 Å². The van der Waals surface area contributed by atoms with Gasteiger partial charge in [-0.3, -0.25) is 9.59 Å². The van der Waals surface area contributed by atoms with Crippen LogP contribution in [0, 0.1) is 0 Å². The van der Waals surface area contributed by atoms with E-state index in [1.54, 1.807) is 6.07 Å². The summed E-state index contributed by atoms with van der Waals surface area (Å²) in [4.78, 5) is 28.7. The molecule has 1 saturated heterocycles. The number of hydrogen-bond acceptors (Lipinski definition) is 4. The molecule has 2 unspecified atom stereocenters. The number of para-hydroxylation sites is 2. The van der Waals surface area contributed by atoms with Gasteiger partial charge in [-0.2, -0.15) is 13.2 Å². The van der Waals surface area contributed by atoms with E-state index in [1.165, 1.54) is 0 Å². The lowest BCUT2D eigenvalue weighted by Crippen LogP contribution is -2.49. The number of fused-ring (bicyclic) bond motifs is 5. The fourth-order valence-electron chi connectivity index (χ4n) is 5.05. The Kier molecular flexibility index (Phi) is 6.07. The van der Waals surface area contributed by atoms with E-state index in [4.69, 9.17) is 0 Å². The molecule has 0 aliphatic carbocycles. The minimum atomic E-state index is -4.91. The summed E-state index contributed by atoms with van der Waals surface area (Å²) >= 11 is 0. The number of benzene rings is 3. The van der Waals surface area contributed by atoms with Crippen LogP contribution in [-0.4, -0.2) is 37.6 Å². The van der Waals surface area contributed by atoms with Crippen molar-refractivity contribution in [1.82, 2.24) is 5.32 Å².